The third kappa shape index (κ3) is 1.80. The van der Waals surface area contributed by atoms with E-state index in [2.05, 4.69) is 25.9 Å². The molecule has 0 aliphatic rings. The molecule has 0 atom stereocenters. The molecule has 0 saturated heterocycles. The van der Waals surface area contributed by atoms with E-state index in [-0.39, 0.29) is 11.5 Å². The van der Waals surface area contributed by atoms with E-state index in [0.717, 1.165) is 0 Å². The van der Waals surface area contributed by atoms with Crippen molar-refractivity contribution in [2.45, 2.75) is 0 Å². The summed E-state index contributed by atoms with van der Waals surface area (Å²) in [6.45, 7) is 0. The van der Waals surface area contributed by atoms with Crippen LogP contribution < -0.4 is 0 Å². The van der Waals surface area contributed by atoms with Crippen LogP contribution in [-0.4, -0.2) is 9.97 Å². The lowest BCUT2D eigenvalue weighted by Gasteiger charge is -2.00. The number of rotatable bonds is 1. The smallest absolute Gasteiger partial charge is 0.152 e. The maximum atomic E-state index is 13.4. The molecule has 0 spiro atoms. The summed E-state index contributed by atoms with van der Waals surface area (Å²) in [6, 6.07) is 6.67. The Morgan fingerprint density at radius 1 is 1.21 bits per heavy atom. The Morgan fingerprint density at radius 2 is 2.07 bits per heavy atom. The third-order valence-electron chi connectivity index (χ3n) is 1.72. The molecule has 2 aromatic rings. The first-order valence-corrected chi connectivity index (χ1v) is 4.79. The van der Waals surface area contributed by atoms with Crippen LogP contribution in [0.25, 0.3) is 11.4 Å². The minimum absolute atomic E-state index is 0.272. The van der Waals surface area contributed by atoms with Gasteiger partial charge in [-0.1, -0.05) is 6.07 Å². The molecule has 0 bridgehead atoms. The largest absolute Gasteiger partial charge is 0.255 e. The SMILES string of the molecule is Fc1cc(Br)cnc1-c1ccccn1. The molecule has 0 N–H and O–H groups in total. The average Bonchev–Trinajstić information content (AvgIpc) is 2.19. The molecule has 0 aliphatic heterocycles. The zero-order valence-electron chi connectivity index (χ0n) is 7.11. The van der Waals surface area contributed by atoms with Crippen LogP contribution in [0, 0.1) is 5.82 Å². The van der Waals surface area contributed by atoms with Crippen molar-refractivity contribution in [2.24, 2.45) is 0 Å². The van der Waals surface area contributed by atoms with E-state index in [9.17, 15) is 4.39 Å². The summed E-state index contributed by atoms with van der Waals surface area (Å²) in [5, 5.41) is 0. The van der Waals surface area contributed by atoms with Crippen molar-refractivity contribution in [3.05, 3.63) is 46.9 Å². The second-order valence-corrected chi connectivity index (χ2v) is 3.61. The van der Waals surface area contributed by atoms with Crippen LogP contribution in [0.1, 0.15) is 0 Å². The third-order valence-corrected chi connectivity index (χ3v) is 2.15. The van der Waals surface area contributed by atoms with Crippen LogP contribution in [0.3, 0.4) is 0 Å². The first kappa shape index (κ1) is 9.27. The molecule has 0 unspecified atom stereocenters. The second-order valence-electron chi connectivity index (χ2n) is 2.70. The topological polar surface area (TPSA) is 25.8 Å². The first-order chi connectivity index (χ1) is 6.77. The molecule has 0 radical (unpaired) electrons. The summed E-state index contributed by atoms with van der Waals surface area (Å²) < 4.78 is 14.0. The van der Waals surface area contributed by atoms with E-state index in [1.165, 1.54) is 6.07 Å². The number of aromatic nitrogens is 2. The number of hydrogen-bond donors (Lipinski definition) is 0. The molecule has 2 nitrogen and oxygen atoms in total. The summed E-state index contributed by atoms with van der Waals surface area (Å²) in [5.41, 5.74) is 0.811. The van der Waals surface area contributed by atoms with Crippen molar-refractivity contribution in [1.82, 2.24) is 9.97 Å². The molecule has 0 aromatic carbocycles. The van der Waals surface area contributed by atoms with Crippen LogP contribution >= 0.6 is 15.9 Å². The Kier molecular flexibility index (Phi) is 2.54. The second kappa shape index (κ2) is 3.84. The monoisotopic (exact) mass is 252 g/mol. The van der Waals surface area contributed by atoms with Crippen molar-refractivity contribution < 1.29 is 4.39 Å². The van der Waals surface area contributed by atoms with E-state index in [1.54, 1.807) is 30.6 Å². The summed E-state index contributed by atoms with van der Waals surface area (Å²) >= 11 is 3.15. The maximum absolute atomic E-state index is 13.4. The molecule has 0 fully saturated rings. The van der Waals surface area contributed by atoms with Crippen molar-refractivity contribution in [3.8, 4) is 11.4 Å². The molecule has 0 aliphatic carbocycles. The Labute approximate surface area is 89.0 Å². The predicted octanol–water partition coefficient (Wildman–Crippen LogP) is 3.05. The van der Waals surface area contributed by atoms with Crippen LogP contribution in [0.15, 0.2) is 41.1 Å². The van der Waals surface area contributed by atoms with E-state index in [1.807, 2.05) is 0 Å². The van der Waals surface area contributed by atoms with Crippen LogP contribution in [-0.2, 0) is 0 Å². The Hall–Kier alpha value is -1.29. The van der Waals surface area contributed by atoms with Gasteiger partial charge in [0.15, 0.2) is 5.82 Å². The lowest BCUT2D eigenvalue weighted by molar-refractivity contribution is 0.624. The van der Waals surface area contributed by atoms with Gasteiger partial charge in [0.25, 0.3) is 0 Å². The summed E-state index contributed by atoms with van der Waals surface area (Å²) in [4.78, 5) is 7.99. The highest BCUT2D eigenvalue weighted by molar-refractivity contribution is 9.10. The number of hydrogen-bond acceptors (Lipinski definition) is 2. The summed E-state index contributed by atoms with van der Waals surface area (Å²) in [5.74, 6) is -0.377. The van der Waals surface area contributed by atoms with Crippen LogP contribution in [0.4, 0.5) is 4.39 Å². The van der Waals surface area contributed by atoms with Gasteiger partial charge in [-0.2, -0.15) is 0 Å². The van der Waals surface area contributed by atoms with Crippen molar-refractivity contribution in [1.29, 1.82) is 0 Å². The van der Waals surface area contributed by atoms with E-state index in [0.29, 0.717) is 10.2 Å². The van der Waals surface area contributed by atoms with Gasteiger partial charge in [0.1, 0.15) is 5.69 Å². The van der Waals surface area contributed by atoms with Crippen molar-refractivity contribution >= 4 is 15.9 Å². The molecule has 4 heteroatoms. The highest BCUT2D eigenvalue weighted by Crippen LogP contribution is 2.20. The minimum Gasteiger partial charge on any atom is -0.255 e. The lowest BCUT2D eigenvalue weighted by Crippen LogP contribution is -1.90. The van der Waals surface area contributed by atoms with Gasteiger partial charge in [0.05, 0.1) is 5.69 Å². The van der Waals surface area contributed by atoms with E-state index in [4.69, 9.17) is 0 Å². The molecular formula is C10H6BrFN2. The molecule has 0 saturated carbocycles. The van der Waals surface area contributed by atoms with Gasteiger partial charge in [0.2, 0.25) is 0 Å². The molecule has 2 rings (SSSR count). The van der Waals surface area contributed by atoms with Gasteiger partial charge in [-0.3, -0.25) is 9.97 Å². The first-order valence-electron chi connectivity index (χ1n) is 4.00. The highest BCUT2D eigenvalue weighted by Gasteiger charge is 2.07. The molecule has 2 aromatic heterocycles. The van der Waals surface area contributed by atoms with Crippen molar-refractivity contribution in [3.63, 3.8) is 0 Å². The van der Waals surface area contributed by atoms with E-state index < -0.39 is 0 Å². The minimum atomic E-state index is -0.377. The van der Waals surface area contributed by atoms with Gasteiger partial charge in [-0.25, -0.2) is 4.39 Å². The standard InChI is InChI=1S/C10H6BrFN2/c11-7-5-8(12)10(14-6-7)9-3-1-2-4-13-9/h1-6H. The number of nitrogens with zero attached hydrogens (tertiary/aromatic N) is 2. The lowest BCUT2D eigenvalue weighted by atomic mass is 10.2. The Bertz CT molecular complexity index is 445. The fourth-order valence-electron chi connectivity index (χ4n) is 1.11. The fourth-order valence-corrected chi connectivity index (χ4v) is 1.41. The molecule has 70 valence electrons. The van der Waals surface area contributed by atoms with E-state index >= 15 is 0 Å². The van der Waals surface area contributed by atoms with Crippen molar-refractivity contribution in [2.75, 3.05) is 0 Å². The Morgan fingerprint density at radius 3 is 2.71 bits per heavy atom. The summed E-state index contributed by atoms with van der Waals surface area (Å²) in [6.07, 6.45) is 3.16. The molecular weight excluding hydrogens is 247 g/mol. The normalized spacial score (nSPS) is 10.1. The Balaban J connectivity index is 2.53. The predicted molar refractivity (Wildman–Crippen MR) is 55.1 cm³/mol. The summed E-state index contributed by atoms with van der Waals surface area (Å²) in [7, 11) is 0. The van der Waals surface area contributed by atoms with Gasteiger partial charge in [-0.15, -0.1) is 0 Å². The van der Waals surface area contributed by atoms with Gasteiger partial charge < -0.3 is 0 Å². The van der Waals surface area contributed by atoms with Crippen LogP contribution in [0.5, 0.6) is 0 Å². The van der Waals surface area contributed by atoms with Gasteiger partial charge >= 0.3 is 0 Å². The van der Waals surface area contributed by atoms with Gasteiger partial charge in [-0.05, 0) is 34.1 Å². The molecule has 0 amide bonds. The average molecular weight is 253 g/mol. The maximum Gasteiger partial charge on any atom is 0.152 e. The van der Waals surface area contributed by atoms with Gasteiger partial charge in [0, 0.05) is 16.9 Å². The zero-order valence-corrected chi connectivity index (χ0v) is 8.70. The molecule has 2 heterocycles. The zero-order chi connectivity index (χ0) is 9.97. The quantitative estimate of drug-likeness (QED) is 0.780. The molecule has 14 heavy (non-hydrogen) atoms. The fraction of sp³-hybridized carbons (Fsp3) is 0. The van der Waals surface area contributed by atoms with Crippen LogP contribution in [0.2, 0.25) is 0 Å². The number of pyridine rings is 2. The highest BCUT2D eigenvalue weighted by atomic mass is 79.9. The number of halogens is 2.